The minimum atomic E-state index is -0.662. The first-order chi connectivity index (χ1) is 9.61. The van der Waals surface area contributed by atoms with E-state index in [4.69, 9.17) is 0 Å². The van der Waals surface area contributed by atoms with Crippen LogP contribution in [0.2, 0.25) is 0 Å². The fourth-order valence-corrected chi connectivity index (χ4v) is 2.19. The number of hydrogen-bond acceptors (Lipinski definition) is 7. The van der Waals surface area contributed by atoms with E-state index in [0.717, 1.165) is 10.9 Å². The minimum absolute atomic E-state index is 0.0425. The second-order valence-electron chi connectivity index (χ2n) is 3.77. The highest BCUT2D eigenvalue weighted by molar-refractivity contribution is 7.09. The molecule has 0 atom stereocenters. The molecule has 2 aromatic rings. The van der Waals surface area contributed by atoms with Crippen LogP contribution in [-0.2, 0) is 11.3 Å². The van der Waals surface area contributed by atoms with Gasteiger partial charge in [0.2, 0.25) is 5.82 Å². The number of hydrogen-bond donors (Lipinski definition) is 1. The number of nitro groups is 1. The summed E-state index contributed by atoms with van der Waals surface area (Å²) in [5.74, 6) is -0.540. The largest absolute Gasteiger partial charge is 0.465 e. The number of carbonyl (C=O) groups is 1. The molecular weight excluding hydrogens is 282 g/mol. The van der Waals surface area contributed by atoms with Crippen LogP contribution >= 0.6 is 11.3 Å². The average Bonchev–Trinajstić information content (AvgIpc) is 2.97. The predicted molar refractivity (Wildman–Crippen MR) is 73.9 cm³/mol. The lowest BCUT2D eigenvalue weighted by molar-refractivity contribution is -0.384. The van der Waals surface area contributed by atoms with E-state index < -0.39 is 10.9 Å². The van der Waals surface area contributed by atoms with Gasteiger partial charge in [0, 0.05) is 17.1 Å². The van der Waals surface area contributed by atoms with Gasteiger partial charge in [-0.3, -0.25) is 10.1 Å². The van der Waals surface area contributed by atoms with Crippen molar-refractivity contribution in [3.63, 3.8) is 0 Å². The molecule has 0 spiro atoms. The molecule has 0 fully saturated rings. The van der Waals surface area contributed by atoms with Gasteiger partial charge < -0.3 is 10.1 Å². The summed E-state index contributed by atoms with van der Waals surface area (Å²) in [7, 11) is 1.21. The molecule has 1 N–H and O–H groups in total. The van der Waals surface area contributed by atoms with E-state index in [1.165, 1.54) is 24.6 Å². The minimum Gasteiger partial charge on any atom is -0.465 e. The Bertz CT molecular complexity index is 628. The fourth-order valence-electron chi connectivity index (χ4n) is 1.54. The van der Waals surface area contributed by atoms with Gasteiger partial charge in [-0.1, -0.05) is 6.07 Å². The van der Waals surface area contributed by atoms with Crippen LogP contribution in [0.3, 0.4) is 0 Å². The Hall–Kier alpha value is -2.48. The van der Waals surface area contributed by atoms with E-state index in [1.54, 1.807) is 0 Å². The average molecular weight is 293 g/mol. The molecule has 7 nitrogen and oxygen atoms in total. The normalized spacial score (nSPS) is 10.1. The molecule has 0 aliphatic heterocycles. The van der Waals surface area contributed by atoms with E-state index in [9.17, 15) is 14.9 Å². The van der Waals surface area contributed by atoms with E-state index >= 15 is 0 Å². The highest BCUT2D eigenvalue weighted by Crippen LogP contribution is 2.24. The van der Waals surface area contributed by atoms with E-state index in [-0.39, 0.29) is 17.1 Å². The Morgan fingerprint density at radius 2 is 2.40 bits per heavy atom. The maximum Gasteiger partial charge on any atom is 0.339 e. The fraction of sp³-hybridized carbons (Fsp3) is 0.167. The van der Waals surface area contributed by atoms with Gasteiger partial charge in [0.1, 0.15) is 0 Å². The zero-order valence-corrected chi connectivity index (χ0v) is 11.3. The van der Waals surface area contributed by atoms with Crippen molar-refractivity contribution in [1.82, 2.24) is 4.98 Å². The smallest absolute Gasteiger partial charge is 0.339 e. The molecule has 0 bridgehead atoms. The molecule has 0 aliphatic rings. The molecule has 0 aromatic carbocycles. The molecule has 2 rings (SSSR count). The Balaban J connectivity index is 2.23. The zero-order chi connectivity index (χ0) is 14.5. The van der Waals surface area contributed by atoms with Crippen molar-refractivity contribution in [2.75, 3.05) is 12.4 Å². The summed E-state index contributed by atoms with van der Waals surface area (Å²) in [6, 6.07) is 4.95. The molecule has 104 valence electrons. The number of aromatic nitrogens is 1. The summed E-state index contributed by atoms with van der Waals surface area (Å²) < 4.78 is 4.51. The number of ether oxygens (including phenoxy) is 1. The van der Waals surface area contributed by atoms with Crippen molar-refractivity contribution in [3.05, 3.63) is 50.3 Å². The van der Waals surface area contributed by atoms with Crippen LogP contribution in [0.25, 0.3) is 0 Å². The Morgan fingerprint density at radius 3 is 3.00 bits per heavy atom. The Kier molecular flexibility index (Phi) is 4.26. The van der Waals surface area contributed by atoms with Crippen LogP contribution in [0.5, 0.6) is 0 Å². The summed E-state index contributed by atoms with van der Waals surface area (Å²) in [5.41, 5.74) is -0.217. The summed E-state index contributed by atoms with van der Waals surface area (Å²) in [5, 5.41) is 15.8. The molecule has 2 aromatic heterocycles. The van der Waals surface area contributed by atoms with Gasteiger partial charge in [-0.15, -0.1) is 11.3 Å². The van der Waals surface area contributed by atoms with Crippen molar-refractivity contribution < 1.29 is 14.5 Å². The second-order valence-corrected chi connectivity index (χ2v) is 4.81. The maximum atomic E-state index is 11.3. The number of esters is 1. The first kappa shape index (κ1) is 13.9. The van der Waals surface area contributed by atoms with Crippen LogP contribution in [0.4, 0.5) is 11.5 Å². The van der Waals surface area contributed by atoms with Crippen LogP contribution in [0, 0.1) is 10.1 Å². The highest BCUT2D eigenvalue weighted by Gasteiger charge is 2.19. The third-order valence-corrected chi connectivity index (χ3v) is 3.37. The van der Waals surface area contributed by atoms with Gasteiger partial charge in [0.15, 0.2) is 0 Å². The first-order valence-corrected chi connectivity index (χ1v) is 6.49. The number of rotatable bonds is 5. The Labute approximate surface area is 118 Å². The molecule has 0 saturated carbocycles. The molecule has 0 saturated heterocycles. The Morgan fingerprint density at radius 1 is 1.60 bits per heavy atom. The van der Waals surface area contributed by atoms with Crippen molar-refractivity contribution in [2.24, 2.45) is 0 Å². The molecule has 0 amide bonds. The number of nitrogens with zero attached hydrogens (tertiary/aromatic N) is 2. The van der Waals surface area contributed by atoms with E-state index in [2.05, 4.69) is 15.0 Å². The van der Waals surface area contributed by atoms with Gasteiger partial charge >= 0.3 is 11.7 Å². The molecule has 0 aliphatic carbocycles. The second kappa shape index (κ2) is 6.11. The third kappa shape index (κ3) is 3.09. The topological polar surface area (TPSA) is 94.4 Å². The van der Waals surface area contributed by atoms with E-state index in [1.807, 2.05) is 17.5 Å². The first-order valence-electron chi connectivity index (χ1n) is 5.61. The van der Waals surface area contributed by atoms with Crippen molar-refractivity contribution in [3.8, 4) is 0 Å². The zero-order valence-electron chi connectivity index (χ0n) is 10.5. The summed E-state index contributed by atoms with van der Waals surface area (Å²) in [6.07, 6.45) is 1.25. The number of nitrogens with one attached hydrogen (secondary N) is 1. The van der Waals surface area contributed by atoms with Gasteiger partial charge in [-0.25, -0.2) is 9.78 Å². The number of thiophene rings is 1. The number of pyridine rings is 1. The van der Waals surface area contributed by atoms with Crippen molar-refractivity contribution >= 4 is 28.8 Å². The third-order valence-electron chi connectivity index (χ3n) is 2.50. The monoisotopic (exact) mass is 293 g/mol. The van der Waals surface area contributed by atoms with Crippen LogP contribution in [0.15, 0.2) is 29.8 Å². The van der Waals surface area contributed by atoms with Gasteiger partial charge in [-0.2, -0.15) is 0 Å². The number of methoxy groups -OCH3 is 1. The maximum absolute atomic E-state index is 11.3. The lowest BCUT2D eigenvalue weighted by atomic mass is 10.2. The molecule has 0 unspecified atom stereocenters. The van der Waals surface area contributed by atoms with Crippen molar-refractivity contribution in [2.45, 2.75) is 6.54 Å². The molecular formula is C12H11N3O4S. The summed E-state index contributed by atoms with van der Waals surface area (Å²) in [4.78, 5) is 26.7. The number of anilines is 1. The van der Waals surface area contributed by atoms with Crippen molar-refractivity contribution in [1.29, 1.82) is 0 Å². The number of carbonyl (C=O) groups excluding carboxylic acids is 1. The van der Waals surface area contributed by atoms with Crippen LogP contribution < -0.4 is 5.32 Å². The molecule has 8 heteroatoms. The summed E-state index contributed by atoms with van der Waals surface area (Å²) in [6.45, 7) is 0.434. The lowest BCUT2D eigenvalue weighted by Gasteiger charge is -2.06. The van der Waals surface area contributed by atoms with Crippen LogP contribution in [-0.4, -0.2) is 23.0 Å². The lowest BCUT2D eigenvalue weighted by Crippen LogP contribution is -2.07. The molecule has 0 radical (unpaired) electrons. The molecule has 2 heterocycles. The standard InChI is InChI=1S/C12H11N3O4S/c1-19-12(16)8-5-10(15(17)18)11(13-6-8)14-7-9-3-2-4-20-9/h2-6H,7H2,1H3,(H,13,14). The predicted octanol–water partition coefficient (Wildman–Crippen LogP) is 2.45. The van der Waals surface area contributed by atoms with Gasteiger partial charge in [0.25, 0.3) is 0 Å². The SMILES string of the molecule is COC(=O)c1cnc(NCc2cccs2)c([N+](=O)[O-])c1. The summed E-state index contributed by atoms with van der Waals surface area (Å²) >= 11 is 1.53. The highest BCUT2D eigenvalue weighted by atomic mass is 32.1. The van der Waals surface area contributed by atoms with Crippen LogP contribution in [0.1, 0.15) is 15.2 Å². The molecule has 20 heavy (non-hydrogen) atoms. The van der Waals surface area contributed by atoms with E-state index in [0.29, 0.717) is 6.54 Å². The quantitative estimate of drug-likeness (QED) is 0.517. The van der Waals surface area contributed by atoms with Gasteiger partial charge in [0.05, 0.1) is 24.1 Å². The van der Waals surface area contributed by atoms with Gasteiger partial charge in [-0.05, 0) is 11.4 Å².